The van der Waals surface area contributed by atoms with Crippen molar-refractivity contribution in [1.82, 2.24) is 19.5 Å². The summed E-state index contributed by atoms with van der Waals surface area (Å²) in [5.74, 6) is -1.18. The maximum atomic E-state index is 13.6. The molecular weight excluding hydrogens is 473 g/mol. The van der Waals surface area contributed by atoms with Gasteiger partial charge in [0.2, 0.25) is 10.0 Å². The number of rotatable bonds is 6. The molecular formula is C24H30FN5O4S. The average Bonchev–Trinajstić information content (AvgIpc) is 3.18. The molecule has 0 bridgehead atoms. The Morgan fingerprint density at radius 1 is 1.20 bits per heavy atom. The normalized spacial score (nSPS) is 16.1. The number of carbonyl (C=O) groups is 1. The lowest BCUT2D eigenvalue weighted by molar-refractivity contribution is -0.0132. The van der Waals surface area contributed by atoms with Crippen LogP contribution < -0.4 is 9.62 Å². The predicted molar refractivity (Wildman–Crippen MR) is 132 cm³/mol. The highest BCUT2D eigenvalue weighted by atomic mass is 32.2. The van der Waals surface area contributed by atoms with Crippen LogP contribution in [0.1, 0.15) is 55.7 Å². The second-order valence-electron chi connectivity index (χ2n) is 9.50. The van der Waals surface area contributed by atoms with Crippen molar-refractivity contribution in [2.24, 2.45) is 0 Å². The minimum Gasteiger partial charge on any atom is -0.378 e. The van der Waals surface area contributed by atoms with Gasteiger partial charge < -0.3 is 9.64 Å². The highest BCUT2D eigenvalue weighted by Gasteiger charge is 2.32. The number of sulfonamides is 1. The van der Waals surface area contributed by atoms with Gasteiger partial charge in [0.15, 0.2) is 5.65 Å². The van der Waals surface area contributed by atoms with Crippen molar-refractivity contribution in [3.05, 3.63) is 47.5 Å². The quantitative estimate of drug-likeness (QED) is 0.550. The molecule has 4 rings (SSSR count). The van der Waals surface area contributed by atoms with Crippen LogP contribution >= 0.6 is 0 Å². The van der Waals surface area contributed by atoms with E-state index in [1.165, 1.54) is 12.1 Å². The van der Waals surface area contributed by atoms with Gasteiger partial charge in [0.25, 0.3) is 5.91 Å². The van der Waals surface area contributed by atoms with E-state index in [1.54, 1.807) is 30.0 Å². The second kappa shape index (κ2) is 9.19. The molecule has 0 aliphatic carbocycles. The molecule has 1 aliphatic rings. The topological polar surface area (TPSA) is 106 Å². The first-order chi connectivity index (χ1) is 16.4. The van der Waals surface area contributed by atoms with Crippen molar-refractivity contribution < 1.29 is 22.3 Å². The van der Waals surface area contributed by atoms with E-state index in [4.69, 9.17) is 9.84 Å². The van der Waals surface area contributed by atoms with Crippen LogP contribution in [0.5, 0.6) is 0 Å². The summed E-state index contributed by atoms with van der Waals surface area (Å²) in [4.78, 5) is 19.5. The van der Waals surface area contributed by atoms with Crippen LogP contribution in [-0.2, 0) is 14.8 Å². The Bertz CT molecular complexity index is 1360. The number of ether oxygens (including phenoxy) is 1. The van der Waals surface area contributed by atoms with Gasteiger partial charge in [-0.15, -0.1) is 0 Å². The van der Waals surface area contributed by atoms with Crippen LogP contribution in [0.3, 0.4) is 0 Å². The number of nitrogens with one attached hydrogen (secondary N) is 1. The molecule has 9 nitrogen and oxygen atoms in total. The zero-order chi connectivity index (χ0) is 25.5. The summed E-state index contributed by atoms with van der Waals surface area (Å²) >= 11 is 0. The zero-order valence-corrected chi connectivity index (χ0v) is 21.3. The number of amides is 1. The van der Waals surface area contributed by atoms with Gasteiger partial charge >= 0.3 is 0 Å². The van der Waals surface area contributed by atoms with Crippen LogP contribution in [0.2, 0.25) is 0 Å². The highest BCUT2D eigenvalue weighted by Crippen LogP contribution is 2.37. The van der Waals surface area contributed by atoms with E-state index in [9.17, 15) is 17.6 Å². The van der Waals surface area contributed by atoms with Crippen LogP contribution in [-0.4, -0.2) is 61.1 Å². The van der Waals surface area contributed by atoms with E-state index >= 15 is 0 Å². The molecule has 0 radical (unpaired) electrons. The molecule has 1 N–H and O–H groups in total. The SMILES string of the molecule is COC1(C)CCN(c2cc(C(=O)NS(C)(=O)=O)nc3c2c(C(C)C)nn3-c2ccc(F)cc2)CC1. The molecule has 1 amide bonds. The molecule has 2 aromatic heterocycles. The first-order valence-electron chi connectivity index (χ1n) is 11.4. The second-order valence-corrected chi connectivity index (χ2v) is 11.2. The van der Waals surface area contributed by atoms with Gasteiger partial charge in [-0.05, 0) is 56.0 Å². The molecule has 1 aliphatic heterocycles. The molecule has 188 valence electrons. The van der Waals surface area contributed by atoms with Crippen molar-refractivity contribution >= 4 is 32.7 Å². The Kier molecular flexibility index (Phi) is 6.58. The zero-order valence-electron chi connectivity index (χ0n) is 20.5. The number of halogens is 1. The van der Waals surface area contributed by atoms with Crippen LogP contribution in [0, 0.1) is 5.82 Å². The van der Waals surface area contributed by atoms with Gasteiger partial charge in [-0.2, -0.15) is 5.10 Å². The third-order valence-electron chi connectivity index (χ3n) is 6.43. The maximum absolute atomic E-state index is 13.6. The van der Waals surface area contributed by atoms with Crippen LogP contribution in [0.25, 0.3) is 16.7 Å². The summed E-state index contributed by atoms with van der Waals surface area (Å²) in [5, 5.41) is 5.57. The molecule has 1 aromatic carbocycles. The third-order valence-corrected chi connectivity index (χ3v) is 6.98. The van der Waals surface area contributed by atoms with Crippen LogP contribution in [0.4, 0.5) is 10.1 Å². The first kappa shape index (κ1) is 25.1. The monoisotopic (exact) mass is 503 g/mol. The largest absolute Gasteiger partial charge is 0.378 e. The fourth-order valence-electron chi connectivity index (χ4n) is 4.30. The minimum atomic E-state index is -3.79. The summed E-state index contributed by atoms with van der Waals surface area (Å²) in [6.07, 6.45) is 2.47. The van der Waals surface area contributed by atoms with Crippen molar-refractivity contribution in [3.63, 3.8) is 0 Å². The predicted octanol–water partition coefficient (Wildman–Crippen LogP) is 3.38. The Morgan fingerprint density at radius 2 is 1.83 bits per heavy atom. The number of fused-ring (bicyclic) bond motifs is 1. The molecule has 1 fully saturated rings. The fraction of sp³-hybridized carbons (Fsp3) is 0.458. The summed E-state index contributed by atoms with van der Waals surface area (Å²) < 4.78 is 46.4. The van der Waals surface area contributed by atoms with Crippen LogP contribution in [0.15, 0.2) is 30.3 Å². The van der Waals surface area contributed by atoms with Gasteiger partial charge in [0.05, 0.1) is 34.3 Å². The van der Waals surface area contributed by atoms with Gasteiger partial charge in [-0.25, -0.2) is 27.2 Å². The lowest BCUT2D eigenvalue weighted by Crippen LogP contribution is -2.44. The van der Waals surface area contributed by atoms with E-state index < -0.39 is 15.9 Å². The Labute approximate surface area is 204 Å². The van der Waals surface area contributed by atoms with Gasteiger partial charge in [-0.3, -0.25) is 4.79 Å². The van der Waals surface area contributed by atoms with Crippen molar-refractivity contribution in [3.8, 4) is 5.69 Å². The summed E-state index contributed by atoms with van der Waals surface area (Å²) in [5.41, 5.74) is 2.23. The van der Waals surface area contributed by atoms with Gasteiger partial charge in [0.1, 0.15) is 11.5 Å². The molecule has 0 atom stereocenters. The Morgan fingerprint density at radius 3 is 2.37 bits per heavy atom. The lowest BCUT2D eigenvalue weighted by atomic mass is 9.92. The number of aromatic nitrogens is 3. The smallest absolute Gasteiger partial charge is 0.283 e. The number of hydrogen-bond donors (Lipinski definition) is 1. The number of pyridine rings is 1. The molecule has 11 heteroatoms. The fourth-order valence-corrected chi connectivity index (χ4v) is 4.74. The molecule has 0 saturated carbocycles. The number of piperidine rings is 1. The lowest BCUT2D eigenvalue weighted by Gasteiger charge is -2.39. The Balaban J connectivity index is 1.95. The molecule has 1 saturated heterocycles. The number of hydrogen-bond acceptors (Lipinski definition) is 7. The number of carbonyl (C=O) groups excluding carboxylic acids is 1. The van der Waals surface area contributed by atoms with E-state index in [2.05, 4.69) is 16.8 Å². The average molecular weight is 504 g/mol. The van der Waals surface area contributed by atoms with Gasteiger partial charge in [0, 0.05) is 20.2 Å². The molecule has 35 heavy (non-hydrogen) atoms. The third kappa shape index (κ3) is 5.15. The molecule has 3 aromatic rings. The minimum absolute atomic E-state index is 0.0319. The highest BCUT2D eigenvalue weighted by molar-refractivity contribution is 7.89. The summed E-state index contributed by atoms with van der Waals surface area (Å²) in [6.45, 7) is 7.46. The Hall–Kier alpha value is -3.05. The standard InChI is InChI=1S/C24H30FN5O4S/c1-15(2)21-20-19(29-12-10-24(3,34-4)11-13-29)14-18(23(31)28-35(5,32)33)26-22(20)30(27-21)17-8-6-16(25)7-9-17/h6-9,14-15H,10-13H2,1-5H3,(H,28,31). The van der Waals surface area contributed by atoms with E-state index in [0.717, 1.165) is 35.9 Å². The van der Waals surface area contributed by atoms with Crippen molar-refractivity contribution in [2.45, 2.75) is 45.1 Å². The molecule has 0 unspecified atom stereocenters. The number of nitrogens with zero attached hydrogens (tertiary/aromatic N) is 4. The van der Waals surface area contributed by atoms with Crippen molar-refractivity contribution in [2.75, 3.05) is 31.4 Å². The molecule has 3 heterocycles. The number of anilines is 1. The van der Waals surface area contributed by atoms with E-state index in [-0.39, 0.29) is 23.0 Å². The maximum Gasteiger partial charge on any atom is 0.283 e. The first-order valence-corrected chi connectivity index (χ1v) is 13.3. The number of benzene rings is 1. The van der Waals surface area contributed by atoms with Crippen molar-refractivity contribution in [1.29, 1.82) is 0 Å². The summed E-state index contributed by atoms with van der Waals surface area (Å²) in [6, 6.07) is 7.45. The van der Waals surface area contributed by atoms with E-state index in [0.29, 0.717) is 24.4 Å². The van der Waals surface area contributed by atoms with E-state index in [1.807, 2.05) is 18.6 Å². The summed E-state index contributed by atoms with van der Waals surface area (Å²) in [7, 11) is -2.08. The van der Waals surface area contributed by atoms with Gasteiger partial charge in [-0.1, -0.05) is 13.8 Å². The number of methoxy groups -OCH3 is 1. The molecule has 0 spiro atoms.